The van der Waals surface area contributed by atoms with Crippen LogP contribution in [0.15, 0.2) is 6.20 Å². The highest BCUT2D eigenvalue weighted by atomic mass is 16.6. The number of fused-ring (bicyclic) bond motifs is 1. The number of aromatic nitrogens is 2. The third-order valence-electron chi connectivity index (χ3n) is 3.07. The third-order valence-corrected chi connectivity index (χ3v) is 3.07. The van der Waals surface area contributed by atoms with Crippen LogP contribution in [0.2, 0.25) is 0 Å². The Labute approximate surface area is 91.4 Å². The lowest BCUT2D eigenvalue weighted by atomic mass is 10.1. The minimum absolute atomic E-state index is 0.0329. The van der Waals surface area contributed by atoms with E-state index in [2.05, 4.69) is 4.98 Å². The Morgan fingerprint density at radius 3 is 3.00 bits per heavy atom. The topological polar surface area (TPSA) is 96.2 Å². The lowest BCUT2D eigenvalue weighted by Crippen LogP contribution is -2.47. The van der Waals surface area contributed by atoms with Gasteiger partial charge in [-0.15, -0.1) is 0 Å². The Kier molecular flexibility index (Phi) is 1.90. The van der Waals surface area contributed by atoms with Crippen LogP contribution in [0.3, 0.4) is 0 Å². The molecule has 16 heavy (non-hydrogen) atoms. The summed E-state index contributed by atoms with van der Waals surface area (Å²) in [6, 6.07) is 0.221. The molecule has 1 aromatic heterocycles. The molecule has 2 N–H and O–H groups in total. The van der Waals surface area contributed by atoms with Gasteiger partial charge in [0.2, 0.25) is 0 Å². The third kappa shape index (κ3) is 1.44. The molecule has 7 heteroatoms. The molecular formula is C9H12N4O3. The Morgan fingerprint density at radius 2 is 2.38 bits per heavy atom. The standard InChI is InChI=1S/C9H12N4O3/c10-6-3-12-4-7(13(14)15)11-9(12)16-8(6)5-1-2-5/h4-6,8H,1-3,10H2/t6-,8+/m0/s1. The lowest BCUT2D eigenvalue weighted by Gasteiger charge is -2.27. The van der Waals surface area contributed by atoms with Crippen molar-refractivity contribution in [1.82, 2.24) is 9.55 Å². The molecule has 0 spiro atoms. The molecule has 0 unspecified atom stereocenters. The molecule has 1 saturated carbocycles. The summed E-state index contributed by atoms with van der Waals surface area (Å²) < 4.78 is 7.23. The number of hydrogen-bond acceptors (Lipinski definition) is 5. The number of ether oxygens (including phenoxy) is 1. The maximum atomic E-state index is 10.6. The first-order chi connectivity index (χ1) is 7.65. The summed E-state index contributed by atoms with van der Waals surface area (Å²) in [7, 11) is 0. The van der Waals surface area contributed by atoms with Gasteiger partial charge in [0.25, 0.3) is 0 Å². The van der Waals surface area contributed by atoms with Gasteiger partial charge in [-0.05, 0) is 23.7 Å². The van der Waals surface area contributed by atoms with Gasteiger partial charge in [0.15, 0.2) is 0 Å². The van der Waals surface area contributed by atoms with E-state index in [0.29, 0.717) is 18.5 Å². The molecule has 86 valence electrons. The van der Waals surface area contributed by atoms with Crippen molar-refractivity contribution >= 4 is 5.82 Å². The van der Waals surface area contributed by atoms with Crippen LogP contribution in [0.1, 0.15) is 12.8 Å². The molecule has 1 fully saturated rings. The maximum Gasteiger partial charge on any atom is 0.414 e. The average Bonchev–Trinajstić information content (AvgIpc) is 2.97. The van der Waals surface area contributed by atoms with Crippen LogP contribution in [0.5, 0.6) is 6.01 Å². The maximum absolute atomic E-state index is 10.6. The van der Waals surface area contributed by atoms with Crippen LogP contribution in [0.25, 0.3) is 0 Å². The smallest absolute Gasteiger partial charge is 0.414 e. The van der Waals surface area contributed by atoms with E-state index in [1.807, 2.05) is 0 Å². The molecule has 1 aliphatic carbocycles. The highest BCUT2D eigenvalue weighted by molar-refractivity contribution is 5.22. The van der Waals surface area contributed by atoms with E-state index in [9.17, 15) is 10.1 Å². The Morgan fingerprint density at radius 1 is 1.62 bits per heavy atom. The Bertz CT molecular complexity index is 440. The highest BCUT2D eigenvalue weighted by Gasteiger charge is 2.42. The van der Waals surface area contributed by atoms with E-state index in [1.165, 1.54) is 6.20 Å². The zero-order chi connectivity index (χ0) is 11.3. The molecular weight excluding hydrogens is 212 g/mol. The summed E-state index contributed by atoms with van der Waals surface area (Å²) in [5, 5.41) is 10.6. The summed E-state index contributed by atoms with van der Waals surface area (Å²) in [5.41, 5.74) is 5.98. The summed E-state index contributed by atoms with van der Waals surface area (Å²) in [6.07, 6.45) is 3.59. The largest absolute Gasteiger partial charge is 0.440 e. The normalized spacial score (nSPS) is 28.3. The van der Waals surface area contributed by atoms with Crippen molar-refractivity contribution in [2.45, 2.75) is 31.5 Å². The Hall–Kier alpha value is -1.63. The van der Waals surface area contributed by atoms with Crippen LogP contribution >= 0.6 is 0 Å². The van der Waals surface area contributed by atoms with Gasteiger partial charge in [-0.3, -0.25) is 4.57 Å². The summed E-state index contributed by atoms with van der Waals surface area (Å²) in [4.78, 5) is 13.9. The first-order valence-electron chi connectivity index (χ1n) is 5.29. The molecule has 1 aromatic rings. The zero-order valence-corrected chi connectivity index (χ0v) is 8.57. The molecule has 0 aromatic carbocycles. The fraction of sp³-hybridized carbons (Fsp3) is 0.667. The van der Waals surface area contributed by atoms with Crippen LogP contribution in [-0.2, 0) is 6.54 Å². The second kappa shape index (κ2) is 3.18. The van der Waals surface area contributed by atoms with Crippen molar-refractivity contribution in [2.24, 2.45) is 11.7 Å². The van der Waals surface area contributed by atoms with E-state index in [1.54, 1.807) is 4.57 Å². The highest BCUT2D eigenvalue weighted by Crippen LogP contribution is 2.38. The van der Waals surface area contributed by atoms with Gasteiger partial charge in [-0.2, -0.15) is 0 Å². The van der Waals surface area contributed by atoms with Crippen LogP contribution in [0, 0.1) is 16.0 Å². The lowest BCUT2D eigenvalue weighted by molar-refractivity contribution is -0.389. The fourth-order valence-corrected chi connectivity index (χ4v) is 2.11. The van der Waals surface area contributed by atoms with Gasteiger partial charge >= 0.3 is 11.8 Å². The zero-order valence-electron chi connectivity index (χ0n) is 8.57. The van der Waals surface area contributed by atoms with Crippen molar-refractivity contribution in [3.8, 4) is 6.01 Å². The van der Waals surface area contributed by atoms with Gasteiger partial charge in [-0.25, -0.2) is 0 Å². The first-order valence-corrected chi connectivity index (χ1v) is 5.29. The number of rotatable bonds is 2. The number of hydrogen-bond donors (Lipinski definition) is 1. The van der Waals surface area contributed by atoms with Crippen molar-refractivity contribution in [3.05, 3.63) is 16.3 Å². The molecule has 0 amide bonds. The van der Waals surface area contributed by atoms with E-state index in [0.717, 1.165) is 12.8 Å². The van der Waals surface area contributed by atoms with E-state index in [-0.39, 0.29) is 18.0 Å². The van der Waals surface area contributed by atoms with E-state index < -0.39 is 4.92 Å². The van der Waals surface area contributed by atoms with Crippen molar-refractivity contribution in [1.29, 1.82) is 0 Å². The molecule has 7 nitrogen and oxygen atoms in total. The van der Waals surface area contributed by atoms with Crippen LogP contribution in [0.4, 0.5) is 5.82 Å². The molecule has 2 atom stereocenters. The minimum atomic E-state index is -0.521. The SMILES string of the molecule is N[C@H]1Cn2cc([N+](=O)[O-])nc2O[C@@H]1C1CC1. The average molecular weight is 224 g/mol. The van der Waals surface area contributed by atoms with Crippen LogP contribution < -0.4 is 10.5 Å². The van der Waals surface area contributed by atoms with Crippen LogP contribution in [-0.4, -0.2) is 26.6 Å². The number of imidazole rings is 1. The minimum Gasteiger partial charge on any atom is -0.440 e. The van der Waals surface area contributed by atoms with E-state index >= 15 is 0 Å². The number of nitrogens with two attached hydrogens (primary N) is 1. The second-order valence-corrected chi connectivity index (χ2v) is 4.37. The number of nitrogens with zero attached hydrogens (tertiary/aromatic N) is 3. The summed E-state index contributed by atoms with van der Waals surface area (Å²) in [6.45, 7) is 0.539. The molecule has 0 saturated heterocycles. The van der Waals surface area contributed by atoms with Crippen molar-refractivity contribution < 1.29 is 9.66 Å². The molecule has 2 heterocycles. The fourth-order valence-electron chi connectivity index (χ4n) is 2.11. The summed E-state index contributed by atoms with van der Waals surface area (Å²) in [5.74, 6) is 0.318. The van der Waals surface area contributed by atoms with Crippen molar-refractivity contribution in [2.75, 3.05) is 0 Å². The Balaban J connectivity index is 1.89. The molecule has 0 radical (unpaired) electrons. The van der Waals surface area contributed by atoms with Gasteiger partial charge in [0.1, 0.15) is 12.3 Å². The van der Waals surface area contributed by atoms with Crippen molar-refractivity contribution in [3.63, 3.8) is 0 Å². The molecule has 0 bridgehead atoms. The quantitative estimate of drug-likeness (QED) is 0.575. The van der Waals surface area contributed by atoms with E-state index in [4.69, 9.17) is 10.5 Å². The molecule has 2 aliphatic rings. The van der Waals surface area contributed by atoms with Gasteiger partial charge in [0.05, 0.1) is 6.04 Å². The van der Waals surface area contributed by atoms with Gasteiger partial charge in [-0.1, -0.05) is 0 Å². The molecule has 1 aliphatic heterocycles. The van der Waals surface area contributed by atoms with Gasteiger partial charge < -0.3 is 20.6 Å². The monoisotopic (exact) mass is 224 g/mol. The predicted molar refractivity (Wildman–Crippen MR) is 54.0 cm³/mol. The van der Waals surface area contributed by atoms with Gasteiger partial charge in [0, 0.05) is 11.5 Å². The summed E-state index contributed by atoms with van der Waals surface area (Å²) >= 11 is 0. The first kappa shape index (κ1) is 9.59. The molecule has 3 rings (SSSR count). The second-order valence-electron chi connectivity index (χ2n) is 4.37. The number of nitro groups is 1. The predicted octanol–water partition coefficient (Wildman–Crippen LogP) is 0.290.